The summed E-state index contributed by atoms with van der Waals surface area (Å²) in [6.45, 7) is 0.336. The fourth-order valence-corrected chi connectivity index (χ4v) is 3.67. The van der Waals surface area contributed by atoms with Gasteiger partial charge < -0.3 is 24.7 Å². The normalized spacial score (nSPS) is 14.1. The smallest absolute Gasteiger partial charge is 0.291 e. The lowest BCUT2D eigenvalue weighted by Gasteiger charge is -2.20. The number of ether oxygens (including phenoxy) is 2. The van der Waals surface area contributed by atoms with Crippen LogP contribution in [0, 0.1) is 0 Å². The number of hydrogen-bond donors (Lipinski definition) is 3. The van der Waals surface area contributed by atoms with E-state index in [1.807, 2.05) is 0 Å². The molecular formula is C21H18ClN3O5. The minimum Gasteiger partial charge on any atom is -0.508 e. The maximum atomic E-state index is 12.3. The summed E-state index contributed by atoms with van der Waals surface area (Å²) < 4.78 is 10.8. The molecule has 3 N–H and O–H groups in total. The number of aromatic nitrogens is 1. The van der Waals surface area contributed by atoms with Crippen molar-refractivity contribution >= 4 is 39.1 Å². The van der Waals surface area contributed by atoms with Crippen LogP contribution in [-0.4, -0.2) is 46.8 Å². The van der Waals surface area contributed by atoms with Crippen molar-refractivity contribution in [3.05, 3.63) is 51.8 Å². The second-order valence-electron chi connectivity index (χ2n) is 6.61. The van der Waals surface area contributed by atoms with E-state index in [9.17, 15) is 15.0 Å². The van der Waals surface area contributed by atoms with Crippen molar-refractivity contribution in [2.75, 3.05) is 20.8 Å². The molecule has 0 saturated carbocycles. The number of aliphatic imine (C=N–C) groups is 2. The van der Waals surface area contributed by atoms with E-state index in [1.54, 1.807) is 30.3 Å². The first kappa shape index (κ1) is 19.8. The Hall–Kier alpha value is -3.52. The van der Waals surface area contributed by atoms with Gasteiger partial charge in [-0.3, -0.25) is 9.79 Å². The first-order chi connectivity index (χ1) is 14.4. The highest BCUT2D eigenvalue weighted by Gasteiger charge is 2.30. The molecule has 0 fully saturated rings. The van der Waals surface area contributed by atoms with E-state index in [1.165, 1.54) is 14.2 Å². The van der Waals surface area contributed by atoms with Gasteiger partial charge in [0.1, 0.15) is 17.1 Å². The van der Waals surface area contributed by atoms with E-state index in [2.05, 4.69) is 15.0 Å². The predicted molar refractivity (Wildman–Crippen MR) is 116 cm³/mol. The molecule has 154 valence electrons. The van der Waals surface area contributed by atoms with Crippen LogP contribution >= 0.6 is 11.6 Å². The van der Waals surface area contributed by atoms with E-state index >= 15 is 0 Å². The Morgan fingerprint density at radius 3 is 2.57 bits per heavy atom. The Labute approximate surface area is 176 Å². The van der Waals surface area contributed by atoms with Crippen molar-refractivity contribution < 1.29 is 19.7 Å². The maximum Gasteiger partial charge on any atom is 0.291 e. The monoisotopic (exact) mass is 427 g/mol. The number of phenols is 1. The topological polar surface area (TPSA) is 117 Å². The Balaban J connectivity index is 1.86. The summed E-state index contributed by atoms with van der Waals surface area (Å²) in [6.07, 6.45) is 0.569. The van der Waals surface area contributed by atoms with E-state index in [0.717, 1.165) is 5.56 Å². The molecule has 1 aliphatic heterocycles. The van der Waals surface area contributed by atoms with E-state index in [4.69, 9.17) is 21.1 Å². The number of methoxy groups -OCH3 is 2. The van der Waals surface area contributed by atoms with Crippen LogP contribution < -0.4 is 15.0 Å². The quantitative estimate of drug-likeness (QED) is 0.577. The van der Waals surface area contributed by atoms with Crippen LogP contribution in [0.1, 0.15) is 11.1 Å². The molecule has 0 radical (unpaired) electrons. The minimum absolute atomic E-state index is 0.0296. The summed E-state index contributed by atoms with van der Waals surface area (Å²) in [5.74, 6) is 0.393. The summed E-state index contributed by atoms with van der Waals surface area (Å²) >= 11 is 6.41. The number of halogens is 1. The van der Waals surface area contributed by atoms with Crippen LogP contribution in [-0.2, 0) is 6.42 Å². The van der Waals surface area contributed by atoms with Gasteiger partial charge in [-0.25, -0.2) is 4.99 Å². The van der Waals surface area contributed by atoms with Gasteiger partial charge in [0.15, 0.2) is 22.4 Å². The number of rotatable bonds is 5. The average molecular weight is 428 g/mol. The van der Waals surface area contributed by atoms with Crippen molar-refractivity contribution in [2.45, 2.75) is 6.42 Å². The number of nitrogens with zero attached hydrogens (tertiary/aromatic N) is 2. The Kier molecular flexibility index (Phi) is 5.09. The fraction of sp³-hybridized carbons (Fsp3) is 0.190. The van der Waals surface area contributed by atoms with Gasteiger partial charge in [-0.05, 0) is 24.1 Å². The van der Waals surface area contributed by atoms with E-state index in [-0.39, 0.29) is 22.2 Å². The summed E-state index contributed by atoms with van der Waals surface area (Å²) in [6, 6.07) is 8.38. The van der Waals surface area contributed by atoms with Gasteiger partial charge >= 0.3 is 0 Å². The predicted octanol–water partition coefficient (Wildman–Crippen LogP) is 3.27. The molecule has 9 heteroatoms. The highest BCUT2D eigenvalue weighted by molar-refractivity contribution is 6.87. The van der Waals surface area contributed by atoms with Crippen molar-refractivity contribution in [1.29, 1.82) is 0 Å². The van der Waals surface area contributed by atoms with Crippen LogP contribution in [0.15, 0.2) is 45.1 Å². The summed E-state index contributed by atoms with van der Waals surface area (Å²) in [4.78, 5) is 23.9. The number of benzene rings is 2. The third-order valence-electron chi connectivity index (χ3n) is 4.84. The molecule has 3 aromatic rings. The van der Waals surface area contributed by atoms with Gasteiger partial charge in [0, 0.05) is 18.0 Å². The number of pyridine rings is 1. The number of hydrogen-bond acceptors (Lipinski definition) is 7. The minimum atomic E-state index is -0.673. The molecule has 2 aromatic carbocycles. The van der Waals surface area contributed by atoms with Crippen LogP contribution in [0.3, 0.4) is 0 Å². The average Bonchev–Trinajstić information content (AvgIpc) is 2.73. The number of aromatic hydroxyl groups is 2. The van der Waals surface area contributed by atoms with Crippen molar-refractivity contribution in [3.8, 4) is 23.0 Å². The maximum absolute atomic E-state index is 12.3. The molecule has 2 heterocycles. The lowest BCUT2D eigenvalue weighted by Crippen LogP contribution is -2.20. The standard InChI is InChI=1S/C21H18ClN3O5/c1-29-13-9-12-14-15(18(27)21(28)24-12)17(20(22)25-16(14)19(13)30-2)23-8-7-10-3-5-11(26)6-4-10/h3-6,9,26-27H,7-8H2,1-2H3,(H,24,28). The molecule has 0 bridgehead atoms. The number of aromatic amines is 1. The lowest BCUT2D eigenvalue weighted by atomic mass is 9.98. The zero-order valence-corrected chi connectivity index (χ0v) is 16.9. The zero-order chi connectivity index (χ0) is 21.4. The second-order valence-corrected chi connectivity index (χ2v) is 6.97. The summed E-state index contributed by atoms with van der Waals surface area (Å²) in [5, 5.41) is 20.4. The molecule has 4 rings (SSSR count). The number of nitrogens with one attached hydrogen (secondary N) is 1. The Bertz CT molecular complexity index is 1260. The molecule has 30 heavy (non-hydrogen) atoms. The molecule has 0 unspecified atom stereocenters. The number of H-pyrrole nitrogens is 1. The lowest BCUT2D eigenvalue weighted by molar-refractivity contribution is 0.356. The Morgan fingerprint density at radius 2 is 1.90 bits per heavy atom. The van der Waals surface area contributed by atoms with Crippen LogP contribution in [0.2, 0.25) is 0 Å². The molecule has 0 amide bonds. The molecule has 0 saturated heterocycles. The van der Waals surface area contributed by atoms with E-state index in [0.29, 0.717) is 41.1 Å². The summed E-state index contributed by atoms with van der Waals surface area (Å²) in [7, 11) is 2.94. The number of phenolic OH excluding ortho intramolecular Hbond substituents is 1. The first-order valence-corrected chi connectivity index (χ1v) is 9.43. The van der Waals surface area contributed by atoms with Crippen molar-refractivity contribution in [3.63, 3.8) is 0 Å². The molecule has 8 nitrogen and oxygen atoms in total. The summed E-state index contributed by atoms with van der Waals surface area (Å²) in [5.41, 5.74) is 1.48. The highest BCUT2D eigenvalue weighted by Crippen LogP contribution is 2.47. The van der Waals surface area contributed by atoms with Crippen LogP contribution in [0.5, 0.6) is 23.0 Å². The highest BCUT2D eigenvalue weighted by atomic mass is 35.5. The largest absolute Gasteiger partial charge is 0.508 e. The molecule has 0 atom stereocenters. The molecule has 1 aliphatic rings. The van der Waals surface area contributed by atoms with Gasteiger partial charge in [0.25, 0.3) is 5.56 Å². The van der Waals surface area contributed by atoms with Gasteiger partial charge in [0.05, 0.1) is 25.3 Å². The second kappa shape index (κ2) is 7.72. The SMILES string of the molecule is COc1cc2[nH]c(=O)c(O)c3c2c(c1OC)N=C(Cl)C3=NCCc1ccc(O)cc1. The van der Waals surface area contributed by atoms with Crippen LogP contribution in [0.4, 0.5) is 5.69 Å². The van der Waals surface area contributed by atoms with Gasteiger partial charge in [-0.1, -0.05) is 23.7 Å². The molecule has 1 aromatic heterocycles. The third-order valence-corrected chi connectivity index (χ3v) is 5.11. The zero-order valence-electron chi connectivity index (χ0n) is 16.2. The van der Waals surface area contributed by atoms with Gasteiger partial charge in [-0.15, -0.1) is 0 Å². The third kappa shape index (κ3) is 3.25. The Morgan fingerprint density at radius 1 is 1.17 bits per heavy atom. The molecule has 0 aliphatic carbocycles. The van der Waals surface area contributed by atoms with Gasteiger partial charge in [-0.2, -0.15) is 0 Å². The molecular weight excluding hydrogens is 410 g/mol. The first-order valence-electron chi connectivity index (χ1n) is 9.05. The van der Waals surface area contributed by atoms with Crippen molar-refractivity contribution in [2.24, 2.45) is 9.98 Å². The van der Waals surface area contributed by atoms with Crippen LogP contribution in [0.25, 0.3) is 10.9 Å². The fourth-order valence-electron chi connectivity index (χ4n) is 3.44. The molecule has 0 spiro atoms. The van der Waals surface area contributed by atoms with E-state index < -0.39 is 11.3 Å². The van der Waals surface area contributed by atoms with Gasteiger partial charge in [0.2, 0.25) is 0 Å². The van der Waals surface area contributed by atoms with Crippen molar-refractivity contribution in [1.82, 2.24) is 4.98 Å².